The van der Waals surface area contributed by atoms with Crippen molar-refractivity contribution >= 4 is 34.8 Å². The van der Waals surface area contributed by atoms with Crippen molar-refractivity contribution in [3.63, 3.8) is 0 Å². The second kappa shape index (κ2) is 5.58. The van der Waals surface area contributed by atoms with Gasteiger partial charge in [-0.3, -0.25) is 0 Å². The minimum absolute atomic E-state index is 0.0906. The van der Waals surface area contributed by atoms with Crippen LogP contribution in [0.4, 0.5) is 0 Å². The number of aromatic nitrogens is 2. The summed E-state index contributed by atoms with van der Waals surface area (Å²) in [5.41, 5.74) is 0. The van der Waals surface area contributed by atoms with Crippen molar-refractivity contribution in [2.45, 2.75) is 12.5 Å². The Morgan fingerprint density at radius 1 is 1.12 bits per heavy atom. The maximum atomic E-state index is 5.93. The number of hydrogen-bond donors (Lipinski definition) is 0. The number of alkyl halides is 1. The van der Waals surface area contributed by atoms with Crippen molar-refractivity contribution in [3.8, 4) is 5.75 Å². The first-order chi connectivity index (χ1) is 8.20. The Morgan fingerprint density at radius 3 is 2.35 bits per heavy atom. The molecule has 0 amide bonds. The molecule has 0 saturated heterocycles. The predicted molar refractivity (Wildman–Crippen MR) is 64.6 cm³/mol. The van der Waals surface area contributed by atoms with E-state index in [2.05, 4.69) is 10.2 Å². The molecule has 0 bridgehead atoms. The molecule has 1 heterocycles. The topological polar surface area (TPSA) is 48.2 Å². The summed E-state index contributed by atoms with van der Waals surface area (Å²) in [6.45, 7) is 0.0906. The molecule has 0 aliphatic rings. The molecular formula is C10H7Cl3N2O2. The molecule has 1 aromatic heterocycles. The third-order valence-corrected chi connectivity index (χ3v) is 2.71. The van der Waals surface area contributed by atoms with Crippen LogP contribution < -0.4 is 4.74 Å². The van der Waals surface area contributed by atoms with Crippen LogP contribution >= 0.6 is 34.8 Å². The monoisotopic (exact) mass is 292 g/mol. The fraction of sp³-hybridized carbons (Fsp3) is 0.200. The standard InChI is InChI=1S/C10H7Cl3N2O2/c11-4-8-14-15-9(17-8)5-16-10-6(12)2-1-3-7(10)13/h1-3H,4-5H2. The van der Waals surface area contributed by atoms with Crippen molar-refractivity contribution in [1.29, 1.82) is 0 Å². The van der Waals surface area contributed by atoms with Crippen molar-refractivity contribution in [2.24, 2.45) is 0 Å². The highest BCUT2D eigenvalue weighted by atomic mass is 35.5. The summed E-state index contributed by atoms with van der Waals surface area (Å²) in [7, 11) is 0. The molecule has 0 radical (unpaired) electrons. The van der Waals surface area contributed by atoms with Gasteiger partial charge in [0.2, 0.25) is 5.89 Å². The summed E-state index contributed by atoms with van der Waals surface area (Å²) in [6, 6.07) is 5.09. The molecule has 1 aromatic carbocycles. The van der Waals surface area contributed by atoms with Gasteiger partial charge in [0.15, 0.2) is 12.4 Å². The van der Waals surface area contributed by atoms with Crippen LogP contribution in [0.25, 0.3) is 0 Å². The van der Waals surface area contributed by atoms with Gasteiger partial charge in [0, 0.05) is 0 Å². The molecule has 0 fully saturated rings. The molecule has 4 nitrogen and oxygen atoms in total. The van der Waals surface area contributed by atoms with Gasteiger partial charge in [0.05, 0.1) is 10.0 Å². The molecule has 17 heavy (non-hydrogen) atoms. The molecule has 0 atom stereocenters. The maximum Gasteiger partial charge on any atom is 0.253 e. The predicted octanol–water partition coefficient (Wildman–Crippen LogP) is 3.69. The van der Waals surface area contributed by atoms with Gasteiger partial charge < -0.3 is 9.15 Å². The highest BCUT2D eigenvalue weighted by molar-refractivity contribution is 6.37. The first-order valence-corrected chi connectivity index (χ1v) is 5.94. The fourth-order valence-corrected chi connectivity index (χ4v) is 1.77. The van der Waals surface area contributed by atoms with Gasteiger partial charge in [-0.1, -0.05) is 29.3 Å². The van der Waals surface area contributed by atoms with Gasteiger partial charge in [-0.25, -0.2) is 0 Å². The molecule has 90 valence electrons. The van der Waals surface area contributed by atoms with E-state index in [4.69, 9.17) is 44.0 Å². The summed E-state index contributed by atoms with van der Waals surface area (Å²) < 4.78 is 10.6. The van der Waals surface area contributed by atoms with E-state index < -0.39 is 0 Å². The largest absolute Gasteiger partial charge is 0.481 e. The molecule has 2 aromatic rings. The molecule has 0 aliphatic carbocycles. The lowest BCUT2D eigenvalue weighted by Gasteiger charge is -2.06. The van der Waals surface area contributed by atoms with E-state index in [9.17, 15) is 0 Å². The Bertz CT molecular complexity index is 496. The lowest BCUT2D eigenvalue weighted by atomic mass is 10.3. The van der Waals surface area contributed by atoms with Crippen LogP contribution in [-0.4, -0.2) is 10.2 Å². The van der Waals surface area contributed by atoms with Crippen LogP contribution in [0.3, 0.4) is 0 Å². The number of para-hydroxylation sites is 1. The summed E-state index contributed by atoms with van der Waals surface area (Å²) >= 11 is 17.4. The van der Waals surface area contributed by atoms with Gasteiger partial charge in [-0.15, -0.1) is 21.8 Å². The summed E-state index contributed by atoms with van der Waals surface area (Å²) in [5.74, 6) is 1.22. The van der Waals surface area contributed by atoms with E-state index in [1.807, 2.05) is 0 Å². The van der Waals surface area contributed by atoms with Crippen LogP contribution in [0.5, 0.6) is 5.75 Å². The van der Waals surface area contributed by atoms with Gasteiger partial charge in [-0.2, -0.15) is 0 Å². The van der Waals surface area contributed by atoms with Crippen LogP contribution in [0.15, 0.2) is 22.6 Å². The Morgan fingerprint density at radius 2 is 1.76 bits per heavy atom. The first-order valence-electron chi connectivity index (χ1n) is 4.64. The van der Waals surface area contributed by atoms with Crippen LogP contribution in [-0.2, 0) is 12.5 Å². The van der Waals surface area contributed by atoms with E-state index in [-0.39, 0.29) is 12.5 Å². The molecule has 7 heteroatoms. The molecule has 0 spiro atoms. The quantitative estimate of drug-likeness (QED) is 0.807. The Labute approximate surface area is 112 Å². The Balaban J connectivity index is 2.07. The van der Waals surface area contributed by atoms with E-state index >= 15 is 0 Å². The molecule has 0 saturated carbocycles. The van der Waals surface area contributed by atoms with E-state index in [1.54, 1.807) is 18.2 Å². The Hall–Kier alpha value is -0.970. The zero-order valence-electron chi connectivity index (χ0n) is 8.49. The third-order valence-electron chi connectivity index (χ3n) is 1.88. The van der Waals surface area contributed by atoms with Gasteiger partial charge in [0.25, 0.3) is 5.89 Å². The summed E-state index contributed by atoms with van der Waals surface area (Å²) in [4.78, 5) is 0. The lowest BCUT2D eigenvalue weighted by molar-refractivity contribution is 0.260. The number of nitrogens with zero attached hydrogens (tertiary/aromatic N) is 2. The number of rotatable bonds is 4. The maximum absolute atomic E-state index is 5.93. The molecule has 0 N–H and O–H groups in total. The molecular weight excluding hydrogens is 286 g/mol. The van der Waals surface area contributed by atoms with Crippen LogP contribution in [0, 0.1) is 0 Å². The van der Waals surface area contributed by atoms with Crippen molar-refractivity contribution in [2.75, 3.05) is 0 Å². The van der Waals surface area contributed by atoms with E-state index in [1.165, 1.54) is 0 Å². The van der Waals surface area contributed by atoms with E-state index in [0.29, 0.717) is 27.6 Å². The number of hydrogen-bond acceptors (Lipinski definition) is 4. The second-order valence-electron chi connectivity index (χ2n) is 3.06. The average molecular weight is 294 g/mol. The fourth-order valence-electron chi connectivity index (χ4n) is 1.16. The average Bonchev–Trinajstić information content (AvgIpc) is 2.76. The number of halogens is 3. The normalized spacial score (nSPS) is 10.5. The minimum atomic E-state index is 0.0906. The second-order valence-corrected chi connectivity index (χ2v) is 4.14. The highest BCUT2D eigenvalue weighted by Crippen LogP contribution is 2.32. The van der Waals surface area contributed by atoms with Crippen LogP contribution in [0.2, 0.25) is 10.0 Å². The SMILES string of the molecule is ClCc1nnc(COc2c(Cl)cccc2Cl)o1. The van der Waals surface area contributed by atoms with Gasteiger partial charge in [-0.05, 0) is 12.1 Å². The van der Waals surface area contributed by atoms with Crippen LogP contribution in [0.1, 0.15) is 11.8 Å². The zero-order chi connectivity index (χ0) is 12.3. The third kappa shape index (κ3) is 3.03. The van der Waals surface area contributed by atoms with Crippen molar-refractivity contribution in [1.82, 2.24) is 10.2 Å². The lowest BCUT2D eigenvalue weighted by Crippen LogP contribution is -1.96. The first kappa shape index (κ1) is 12.5. The Kier molecular flexibility index (Phi) is 4.10. The zero-order valence-corrected chi connectivity index (χ0v) is 10.8. The van der Waals surface area contributed by atoms with Crippen molar-refractivity contribution < 1.29 is 9.15 Å². The van der Waals surface area contributed by atoms with Crippen molar-refractivity contribution in [3.05, 3.63) is 40.0 Å². The number of ether oxygens (including phenoxy) is 1. The molecule has 0 unspecified atom stereocenters. The summed E-state index contributed by atoms with van der Waals surface area (Å²) in [5, 5.41) is 8.30. The van der Waals surface area contributed by atoms with Gasteiger partial charge >= 0.3 is 0 Å². The molecule has 2 rings (SSSR count). The highest BCUT2D eigenvalue weighted by Gasteiger charge is 2.10. The summed E-state index contributed by atoms with van der Waals surface area (Å²) in [6.07, 6.45) is 0. The van der Waals surface area contributed by atoms with E-state index in [0.717, 1.165) is 0 Å². The smallest absolute Gasteiger partial charge is 0.253 e. The minimum Gasteiger partial charge on any atom is -0.481 e. The molecule has 0 aliphatic heterocycles. The number of benzene rings is 1. The van der Waals surface area contributed by atoms with Gasteiger partial charge in [0.1, 0.15) is 5.88 Å².